The van der Waals surface area contributed by atoms with Crippen LogP contribution < -0.4 is 0 Å². The Morgan fingerprint density at radius 1 is 0.421 bits per heavy atom. The van der Waals surface area contributed by atoms with Gasteiger partial charge >= 0.3 is 0 Å². The fraction of sp³-hybridized carbons (Fsp3) is 0. The van der Waals surface area contributed by atoms with Crippen molar-refractivity contribution in [1.29, 1.82) is 0 Å². The Morgan fingerprint density at radius 3 is 2.08 bits per heavy atom. The Hall–Kier alpha value is -5.15. The van der Waals surface area contributed by atoms with Crippen molar-refractivity contribution in [2.24, 2.45) is 0 Å². The van der Waals surface area contributed by atoms with Crippen LogP contribution in [0.15, 0.2) is 124 Å². The fourth-order valence-electron chi connectivity index (χ4n) is 6.12. The maximum absolute atomic E-state index is 6.32. The van der Waals surface area contributed by atoms with Crippen LogP contribution in [0.3, 0.4) is 0 Å². The summed E-state index contributed by atoms with van der Waals surface area (Å²) in [4.78, 5) is 4.64. The second-order valence-corrected chi connectivity index (χ2v) is 9.95. The Morgan fingerprint density at radius 2 is 1.18 bits per heavy atom. The summed E-state index contributed by atoms with van der Waals surface area (Å²) < 4.78 is 12.3. The molecule has 38 heavy (non-hydrogen) atoms. The highest BCUT2D eigenvalue weighted by Crippen LogP contribution is 2.51. The molecule has 8 aromatic rings. The molecule has 3 heteroatoms. The SMILES string of the molecule is c1ccc2oc(-c3ccc(-c4ccc5c(c4)-c4cc6oc7ccccc7c6c6cccc-5c46)cc3)nc2c1. The van der Waals surface area contributed by atoms with Crippen LogP contribution >= 0.6 is 0 Å². The van der Waals surface area contributed by atoms with Gasteiger partial charge in [-0.25, -0.2) is 4.98 Å². The Balaban J connectivity index is 1.19. The van der Waals surface area contributed by atoms with Crippen molar-refractivity contribution in [2.75, 3.05) is 0 Å². The van der Waals surface area contributed by atoms with Crippen LogP contribution in [0.2, 0.25) is 0 Å². The van der Waals surface area contributed by atoms with E-state index in [0.717, 1.165) is 33.4 Å². The highest BCUT2D eigenvalue weighted by Gasteiger charge is 2.25. The number of rotatable bonds is 2. The van der Waals surface area contributed by atoms with Gasteiger partial charge in [-0.1, -0.05) is 72.8 Å². The van der Waals surface area contributed by atoms with Crippen molar-refractivity contribution in [3.05, 3.63) is 115 Å². The minimum Gasteiger partial charge on any atom is -0.456 e. The molecule has 1 aliphatic carbocycles. The Bertz CT molecular complexity index is 2200. The van der Waals surface area contributed by atoms with E-state index < -0.39 is 0 Å². The van der Waals surface area contributed by atoms with E-state index in [-0.39, 0.29) is 0 Å². The van der Waals surface area contributed by atoms with Gasteiger partial charge in [-0.2, -0.15) is 0 Å². The second kappa shape index (κ2) is 7.21. The summed E-state index contributed by atoms with van der Waals surface area (Å²) in [5.74, 6) is 0.642. The van der Waals surface area contributed by atoms with Gasteiger partial charge in [-0.3, -0.25) is 0 Å². The highest BCUT2D eigenvalue weighted by atomic mass is 16.3. The van der Waals surface area contributed by atoms with Gasteiger partial charge in [0.25, 0.3) is 0 Å². The monoisotopic (exact) mass is 485 g/mol. The molecule has 0 saturated heterocycles. The molecule has 0 saturated carbocycles. The lowest BCUT2D eigenvalue weighted by Crippen LogP contribution is -1.83. The van der Waals surface area contributed by atoms with Crippen LogP contribution in [0.25, 0.3) is 88.6 Å². The lowest BCUT2D eigenvalue weighted by molar-refractivity contribution is 0.620. The molecule has 0 radical (unpaired) electrons. The zero-order chi connectivity index (χ0) is 24.8. The summed E-state index contributed by atoms with van der Waals surface area (Å²) in [6.45, 7) is 0. The molecule has 0 aliphatic heterocycles. The van der Waals surface area contributed by atoms with Gasteiger partial charge in [0.1, 0.15) is 16.7 Å². The van der Waals surface area contributed by atoms with Gasteiger partial charge in [-0.15, -0.1) is 0 Å². The quantitative estimate of drug-likeness (QED) is 0.245. The van der Waals surface area contributed by atoms with Crippen LogP contribution in [0, 0.1) is 0 Å². The summed E-state index contributed by atoms with van der Waals surface area (Å²) in [7, 11) is 0. The summed E-state index contributed by atoms with van der Waals surface area (Å²) >= 11 is 0. The van der Waals surface area contributed by atoms with Gasteiger partial charge in [-0.05, 0) is 86.6 Å². The zero-order valence-electron chi connectivity index (χ0n) is 20.2. The smallest absolute Gasteiger partial charge is 0.227 e. The summed E-state index contributed by atoms with van der Waals surface area (Å²) in [5, 5.41) is 4.93. The third-order valence-electron chi connectivity index (χ3n) is 7.86. The first-order valence-electron chi connectivity index (χ1n) is 12.8. The van der Waals surface area contributed by atoms with Crippen LogP contribution in [0.4, 0.5) is 0 Å². The number of nitrogens with zero attached hydrogens (tertiary/aromatic N) is 1. The molecule has 6 aromatic carbocycles. The number of benzene rings is 6. The first kappa shape index (κ1) is 20.0. The lowest BCUT2D eigenvalue weighted by atomic mass is 9.96. The molecule has 0 amide bonds. The van der Waals surface area contributed by atoms with E-state index in [2.05, 4.69) is 83.8 Å². The van der Waals surface area contributed by atoms with Crippen LogP contribution in [-0.2, 0) is 0 Å². The predicted molar refractivity (Wildman–Crippen MR) is 154 cm³/mol. The van der Waals surface area contributed by atoms with Gasteiger partial charge in [0, 0.05) is 16.3 Å². The highest BCUT2D eigenvalue weighted by molar-refractivity contribution is 6.28. The number of para-hydroxylation sites is 3. The minimum atomic E-state index is 0.642. The average Bonchev–Trinajstić information content (AvgIpc) is 3.66. The molecule has 0 fully saturated rings. The van der Waals surface area contributed by atoms with Gasteiger partial charge < -0.3 is 8.83 Å². The van der Waals surface area contributed by atoms with E-state index in [1.165, 1.54) is 49.4 Å². The summed E-state index contributed by atoms with van der Waals surface area (Å²) in [6.07, 6.45) is 0. The minimum absolute atomic E-state index is 0.642. The van der Waals surface area contributed by atoms with Crippen LogP contribution in [0.5, 0.6) is 0 Å². The van der Waals surface area contributed by atoms with Gasteiger partial charge in [0.2, 0.25) is 5.89 Å². The molecule has 0 N–H and O–H groups in total. The zero-order valence-corrected chi connectivity index (χ0v) is 20.2. The van der Waals surface area contributed by atoms with Gasteiger partial charge in [0.05, 0.1) is 0 Å². The van der Waals surface area contributed by atoms with Crippen molar-refractivity contribution < 1.29 is 8.83 Å². The standard InChI is InChI=1S/C35H19NO2/c1-3-10-30-25(6-1)34-26-8-5-7-24-23-17-16-22(18-27(23)28(33(24)26)19-32(34)37-30)20-12-14-21(15-13-20)35-36-29-9-2-4-11-31(29)38-35/h1-19H. The maximum atomic E-state index is 6.32. The maximum Gasteiger partial charge on any atom is 0.227 e. The average molecular weight is 486 g/mol. The third-order valence-corrected chi connectivity index (χ3v) is 7.86. The van der Waals surface area contributed by atoms with Crippen molar-refractivity contribution in [2.45, 2.75) is 0 Å². The van der Waals surface area contributed by atoms with E-state index in [9.17, 15) is 0 Å². The van der Waals surface area contributed by atoms with Gasteiger partial charge in [0.15, 0.2) is 5.58 Å². The molecular formula is C35H19NO2. The molecule has 2 heterocycles. The fourth-order valence-corrected chi connectivity index (χ4v) is 6.12. The van der Waals surface area contributed by atoms with E-state index in [4.69, 9.17) is 8.83 Å². The van der Waals surface area contributed by atoms with E-state index in [0.29, 0.717) is 5.89 Å². The molecular weight excluding hydrogens is 466 g/mol. The first-order valence-corrected chi connectivity index (χ1v) is 12.8. The molecule has 0 bridgehead atoms. The van der Waals surface area contributed by atoms with E-state index in [1.54, 1.807) is 0 Å². The number of hydrogen-bond donors (Lipinski definition) is 0. The second-order valence-electron chi connectivity index (χ2n) is 9.95. The molecule has 0 unspecified atom stereocenters. The molecule has 0 atom stereocenters. The number of fused-ring (bicyclic) bond motifs is 8. The molecule has 3 nitrogen and oxygen atoms in total. The largest absolute Gasteiger partial charge is 0.456 e. The number of furan rings is 1. The third kappa shape index (κ3) is 2.65. The molecule has 176 valence electrons. The van der Waals surface area contributed by atoms with Crippen molar-refractivity contribution >= 4 is 43.8 Å². The number of oxazole rings is 1. The molecule has 0 spiro atoms. The predicted octanol–water partition coefficient (Wildman–Crippen LogP) is 9.86. The van der Waals surface area contributed by atoms with Crippen molar-refractivity contribution in [1.82, 2.24) is 4.98 Å². The van der Waals surface area contributed by atoms with Crippen molar-refractivity contribution in [3.63, 3.8) is 0 Å². The normalized spacial score (nSPS) is 12.2. The molecule has 1 aliphatic rings. The number of aromatic nitrogens is 1. The Labute approximate surface area is 217 Å². The van der Waals surface area contributed by atoms with Crippen LogP contribution in [-0.4, -0.2) is 4.98 Å². The van der Waals surface area contributed by atoms with E-state index in [1.807, 2.05) is 36.4 Å². The first-order chi connectivity index (χ1) is 18.8. The summed E-state index contributed by atoms with van der Waals surface area (Å²) in [5.41, 5.74) is 11.9. The number of hydrogen-bond acceptors (Lipinski definition) is 3. The molecule has 2 aromatic heterocycles. The summed E-state index contributed by atoms with van der Waals surface area (Å²) in [6, 6.07) is 40.3. The van der Waals surface area contributed by atoms with E-state index >= 15 is 0 Å². The molecule has 9 rings (SSSR count). The lowest BCUT2D eigenvalue weighted by Gasteiger charge is -2.07. The van der Waals surface area contributed by atoms with Crippen molar-refractivity contribution in [3.8, 4) is 44.8 Å². The Kier molecular flexibility index (Phi) is 3.79. The van der Waals surface area contributed by atoms with Crippen LogP contribution in [0.1, 0.15) is 0 Å². The topological polar surface area (TPSA) is 39.2 Å².